The number of aromatic nitrogens is 5. The van der Waals surface area contributed by atoms with E-state index in [9.17, 15) is 17.6 Å². The zero-order valence-electron chi connectivity index (χ0n) is 19.8. The van der Waals surface area contributed by atoms with E-state index in [0.29, 0.717) is 17.0 Å². The highest BCUT2D eigenvalue weighted by molar-refractivity contribution is 5.76. The lowest BCUT2D eigenvalue weighted by atomic mass is 10.1. The Morgan fingerprint density at radius 2 is 2.00 bits per heavy atom. The second-order valence-electron chi connectivity index (χ2n) is 7.78. The molecule has 0 saturated carbocycles. The van der Waals surface area contributed by atoms with Crippen molar-refractivity contribution in [3.63, 3.8) is 0 Å². The topological polar surface area (TPSA) is 83.3 Å². The lowest BCUT2D eigenvalue weighted by Gasteiger charge is -2.11. The van der Waals surface area contributed by atoms with Gasteiger partial charge < -0.3 is 10.5 Å². The molecule has 4 heterocycles. The van der Waals surface area contributed by atoms with Crippen LogP contribution in [0, 0.1) is 0 Å². The summed E-state index contributed by atoms with van der Waals surface area (Å²) in [7, 11) is 1.60. The Morgan fingerprint density at radius 3 is 2.60 bits per heavy atom. The number of allylic oxidation sites excluding steroid dienone is 5. The van der Waals surface area contributed by atoms with Gasteiger partial charge in [0.1, 0.15) is 22.9 Å². The summed E-state index contributed by atoms with van der Waals surface area (Å²) in [5, 5.41) is 7.87. The molecule has 0 aromatic carbocycles. The summed E-state index contributed by atoms with van der Waals surface area (Å²) in [5.74, 6) is 0.412. The molecule has 0 unspecified atom stereocenters. The van der Waals surface area contributed by atoms with E-state index in [1.807, 2.05) is 23.7 Å². The van der Waals surface area contributed by atoms with Gasteiger partial charge in [0, 0.05) is 36.3 Å². The number of fused-ring (bicyclic) bond motifs is 2. The molecule has 3 aromatic heterocycles. The summed E-state index contributed by atoms with van der Waals surface area (Å²) in [6.45, 7) is 4.63. The van der Waals surface area contributed by atoms with Crippen LogP contribution in [-0.4, -0.2) is 31.5 Å². The Morgan fingerprint density at radius 1 is 1.23 bits per heavy atom. The molecule has 1 aliphatic rings. The lowest BCUT2D eigenvalue weighted by Crippen LogP contribution is -2.10. The average molecular weight is 493 g/mol. The molecule has 0 atom stereocenters. The normalized spacial score (nSPS) is 15.0. The van der Waals surface area contributed by atoms with Crippen molar-refractivity contribution >= 4 is 16.9 Å². The van der Waals surface area contributed by atoms with Crippen molar-refractivity contribution in [1.82, 2.24) is 24.4 Å². The maximum atomic E-state index is 14.2. The van der Waals surface area contributed by atoms with Crippen molar-refractivity contribution < 1.29 is 22.3 Å². The largest absolute Gasteiger partial charge is 0.497 e. The number of hydrogen-bond acceptors (Lipinski definition) is 5. The smallest absolute Gasteiger partial charge is 0.435 e. The number of hydrogen-bond donors (Lipinski definition) is 1. The van der Waals surface area contributed by atoms with E-state index in [-0.39, 0.29) is 17.2 Å². The maximum absolute atomic E-state index is 14.2. The van der Waals surface area contributed by atoms with Crippen LogP contribution >= 0.6 is 0 Å². The van der Waals surface area contributed by atoms with Gasteiger partial charge in [-0.2, -0.15) is 23.4 Å². The van der Waals surface area contributed by atoms with Gasteiger partial charge in [-0.15, -0.1) is 0 Å². The molecule has 188 valence electrons. The van der Waals surface area contributed by atoms with Crippen LogP contribution in [0.15, 0.2) is 54.3 Å². The van der Waals surface area contributed by atoms with Gasteiger partial charge in [0.05, 0.1) is 12.8 Å². The molecule has 2 N–H and O–H groups in total. The van der Waals surface area contributed by atoms with Crippen molar-refractivity contribution in [3.8, 4) is 0 Å². The SMILES string of the molecule is C\C=C(F)/C(=C\C(=C\CC)OC)c1cc2n(n1)CCCC2.Nc1nccn2nc(C(F)(F)F)cc12. The van der Waals surface area contributed by atoms with Gasteiger partial charge in [0.15, 0.2) is 5.69 Å². The first kappa shape index (κ1) is 26.0. The van der Waals surface area contributed by atoms with Gasteiger partial charge in [0.25, 0.3) is 0 Å². The number of methoxy groups -OCH3 is 1. The van der Waals surface area contributed by atoms with Crippen LogP contribution in [0.1, 0.15) is 50.2 Å². The van der Waals surface area contributed by atoms with Crippen LogP contribution in [0.5, 0.6) is 0 Å². The molecule has 0 bridgehead atoms. The fraction of sp³-hybridized carbons (Fsp3) is 0.375. The van der Waals surface area contributed by atoms with Crippen molar-refractivity contribution in [2.45, 2.75) is 52.3 Å². The van der Waals surface area contributed by atoms with Crippen LogP contribution in [0.2, 0.25) is 0 Å². The quantitative estimate of drug-likeness (QED) is 0.279. The maximum Gasteiger partial charge on any atom is 0.435 e. The van der Waals surface area contributed by atoms with E-state index in [4.69, 9.17) is 10.5 Å². The lowest BCUT2D eigenvalue weighted by molar-refractivity contribution is -0.141. The third-order valence-corrected chi connectivity index (χ3v) is 5.34. The monoisotopic (exact) mass is 492 g/mol. The Kier molecular flexibility index (Phi) is 8.31. The number of aryl methyl sites for hydroxylation is 2. The summed E-state index contributed by atoms with van der Waals surface area (Å²) in [6, 6.07) is 2.86. The Labute approximate surface area is 200 Å². The van der Waals surface area contributed by atoms with Gasteiger partial charge in [0.2, 0.25) is 0 Å². The van der Waals surface area contributed by atoms with E-state index < -0.39 is 11.9 Å². The molecule has 0 radical (unpaired) electrons. The number of alkyl halides is 3. The molecule has 0 aliphatic carbocycles. The summed E-state index contributed by atoms with van der Waals surface area (Å²) < 4.78 is 59.2. The van der Waals surface area contributed by atoms with E-state index in [2.05, 4.69) is 15.2 Å². The molecule has 4 rings (SSSR count). The molecule has 1 aliphatic heterocycles. The van der Waals surface area contributed by atoms with Gasteiger partial charge in [-0.1, -0.05) is 13.0 Å². The number of nitrogens with zero attached hydrogens (tertiary/aromatic N) is 5. The van der Waals surface area contributed by atoms with Crippen LogP contribution in [0.25, 0.3) is 11.1 Å². The molecule has 0 amide bonds. The molecule has 0 spiro atoms. The first-order valence-corrected chi connectivity index (χ1v) is 11.2. The van der Waals surface area contributed by atoms with Crippen molar-refractivity contribution in [3.05, 3.63) is 71.4 Å². The second-order valence-corrected chi connectivity index (χ2v) is 7.78. The minimum Gasteiger partial charge on any atom is -0.497 e. The first-order valence-electron chi connectivity index (χ1n) is 11.2. The summed E-state index contributed by atoms with van der Waals surface area (Å²) in [5.41, 5.74) is 6.91. The van der Waals surface area contributed by atoms with Gasteiger partial charge in [-0.25, -0.2) is 13.9 Å². The predicted molar refractivity (Wildman–Crippen MR) is 126 cm³/mol. The fourth-order valence-corrected chi connectivity index (χ4v) is 3.60. The van der Waals surface area contributed by atoms with E-state index >= 15 is 0 Å². The summed E-state index contributed by atoms with van der Waals surface area (Å²) in [6.07, 6.45) is 7.42. The van der Waals surface area contributed by atoms with E-state index in [0.717, 1.165) is 36.4 Å². The molecular formula is C24H28F4N6O. The number of nitrogen functional groups attached to an aromatic ring is 1. The molecule has 7 nitrogen and oxygen atoms in total. The van der Waals surface area contributed by atoms with E-state index in [1.54, 1.807) is 20.1 Å². The van der Waals surface area contributed by atoms with Gasteiger partial charge >= 0.3 is 6.18 Å². The second kappa shape index (κ2) is 11.2. The third-order valence-electron chi connectivity index (χ3n) is 5.34. The molecule has 35 heavy (non-hydrogen) atoms. The zero-order chi connectivity index (χ0) is 25.6. The first-order chi connectivity index (χ1) is 16.7. The molecule has 3 aromatic rings. The Balaban J connectivity index is 0.000000211. The Bertz CT molecular complexity index is 1230. The third kappa shape index (κ3) is 6.28. The highest BCUT2D eigenvalue weighted by Gasteiger charge is 2.34. The van der Waals surface area contributed by atoms with Gasteiger partial charge in [-0.05, 0) is 50.8 Å². The standard InChI is InChI=1S/C17H23FN2O.C7H5F3N4/c1-4-8-14(21-3)12-15(16(18)5-2)17-11-13-9-6-7-10-20(13)19-17;8-7(9,10)5-3-4-6(11)12-1-2-14(4)13-5/h5,8,11-12H,4,6-7,9-10H2,1-3H3;1-3H,(H2,11,12)/b14-8-,15-12+,16-5+;. The van der Waals surface area contributed by atoms with Gasteiger partial charge in [-0.3, -0.25) is 4.68 Å². The van der Waals surface area contributed by atoms with Crippen LogP contribution in [0.4, 0.5) is 23.4 Å². The molecule has 0 fully saturated rings. The molecular weight excluding hydrogens is 464 g/mol. The van der Waals surface area contributed by atoms with Crippen LogP contribution < -0.4 is 5.73 Å². The summed E-state index contributed by atoms with van der Waals surface area (Å²) >= 11 is 0. The highest BCUT2D eigenvalue weighted by Crippen LogP contribution is 2.30. The molecule has 11 heteroatoms. The average Bonchev–Trinajstić information content (AvgIpc) is 3.47. The fourth-order valence-electron chi connectivity index (χ4n) is 3.60. The van der Waals surface area contributed by atoms with Crippen LogP contribution in [0.3, 0.4) is 0 Å². The number of halogens is 4. The zero-order valence-corrected chi connectivity index (χ0v) is 19.8. The predicted octanol–water partition coefficient (Wildman–Crippen LogP) is 5.75. The van der Waals surface area contributed by atoms with Crippen LogP contribution in [-0.2, 0) is 23.9 Å². The van der Waals surface area contributed by atoms with Crippen molar-refractivity contribution in [1.29, 1.82) is 0 Å². The number of rotatable bonds is 5. The summed E-state index contributed by atoms with van der Waals surface area (Å²) in [4.78, 5) is 3.65. The minimum atomic E-state index is -4.46. The molecule has 0 saturated heterocycles. The van der Waals surface area contributed by atoms with Crippen molar-refractivity contribution in [2.24, 2.45) is 0 Å². The minimum absolute atomic E-state index is 0.0236. The number of anilines is 1. The Hall–Kier alpha value is -3.63. The highest BCUT2D eigenvalue weighted by atomic mass is 19.4. The number of nitrogens with two attached hydrogens (primary N) is 1. The van der Waals surface area contributed by atoms with Crippen molar-refractivity contribution in [2.75, 3.05) is 12.8 Å². The van der Waals surface area contributed by atoms with E-state index in [1.165, 1.54) is 30.6 Å². The number of ether oxygens (including phenoxy) is 1.